The smallest absolute Gasteiger partial charge is 0.253 e. The number of fused-ring (bicyclic) bond motifs is 1. The Morgan fingerprint density at radius 3 is 2.56 bits per heavy atom. The van der Waals surface area contributed by atoms with Crippen molar-refractivity contribution in [2.45, 2.75) is 57.1 Å². The molecule has 9 nitrogen and oxygen atoms in total. The lowest BCUT2D eigenvalue weighted by atomic mass is 9.89. The fourth-order valence-electron chi connectivity index (χ4n) is 6.76. The van der Waals surface area contributed by atoms with E-state index in [4.69, 9.17) is 9.73 Å². The molecule has 45 heavy (non-hydrogen) atoms. The van der Waals surface area contributed by atoms with Gasteiger partial charge < -0.3 is 15.0 Å². The zero-order valence-corrected chi connectivity index (χ0v) is 26.5. The van der Waals surface area contributed by atoms with Crippen molar-refractivity contribution in [1.82, 2.24) is 14.5 Å². The van der Waals surface area contributed by atoms with Crippen molar-refractivity contribution in [3.05, 3.63) is 83.9 Å². The van der Waals surface area contributed by atoms with Crippen molar-refractivity contribution >= 4 is 38.4 Å². The van der Waals surface area contributed by atoms with Crippen LogP contribution in [0.2, 0.25) is 0 Å². The van der Waals surface area contributed by atoms with Gasteiger partial charge in [-0.05, 0) is 60.4 Å². The number of amides is 2. The Morgan fingerprint density at radius 2 is 1.73 bits per heavy atom. The number of likely N-dealkylation sites (tertiary alicyclic amines) is 1. The summed E-state index contributed by atoms with van der Waals surface area (Å²) in [5, 5.41) is 5.20. The minimum atomic E-state index is -3.49. The number of nitrogens with zero attached hydrogens (tertiary/aromatic N) is 3. The SMILES string of the molecule is O=C(CCCOCc1ccccc1)N1CCCC(C2=NC3(CCN(S(=O)(=O)CCc4cccc5ccccc45)CC3)C(=O)N2)C1. The highest BCUT2D eigenvalue weighted by atomic mass is 32.2. The Kier molecular flexibility index (Phi) is 9.63. The van der Waals surface area contributed by atoms with Gasteiger partial charge >= 0.3 is 0 Å². The number of rotatable bonds is 11. The number of nitrogens with one attached hydrogen (secondary N) is 1. The number of sulfonamides is 1. The highest BCUT2D eigenvalue weighted by Gasteiger charge is 2.48. The number of carbonyl (C=O) groups is 2. The predicted octanol–water partition coefficient (Wildman–Crippen LogP) is 4.31. The predicted molar refractivity (Wildman–Crippen MR) is 175 cm³/mol. The van der Waals surface area contributed by atoms with Crippen molar-refractivity contribution in [2.75, 3.05) is 38.5 Å². The van der Waals surface area contributed by atoms with Gasteiger partial charge in [0.05, 0.1) is 12.4 Å². The van der Waals surface area contributed by atoms with Gasteiger partial charge in [0, 0.05) is 45.1 Å². The van der Waals surface area contributed by atoms with E-state index in [9.17, 15) is 18.0 Å². The lowest BCUT2D eigenvalue weighted by molar-refractivity contribution is -0.132. The molecule has 10 heteroatoms. The molecule has 0 bridgehead atoms. The lowest BCUT2D eigenvalue weighted by Crippen LogP contribution is -2.51. The van der Waals surface area contributed by atoms with Crippen LogP contribution in [0.1, 0.15) is 49.7 Å². The third-order valence-corrected chi connectivity index (χ3v) is 11.3. The Hall–Kier alpha value is -3.60. The van der Waals surface area contributed by atoms with Gasteiger partial charge in [0.1, 0.15) is 11.4 Å². The molecule has 238 valence electrons. The molecular weight excluding hydrogens is 588 g/mol. The van der Waals surface area contributed by atoms with E-state index in [1.54, 1.807) is 0 Å². The van der Waals surface area contributed by atoms with E-state index in [0.717, 1.165) is 34.7 Å². The summed E-state index contributed by atoms with van der Waals surface area (Å²) >= 11 is 0. The Morgan fingerprint density at radius 1 is 0.978 bits per heavy atom. The van der Waals surface area contributed by atoms with Crippen LogP contribution in [-0.4, -0.2) is 79.4 Å². The molecule has 3 heterocycles. The van der Waals surface area contributed by atoms with Gasteiger partial charge in [-0.3, -0.25) is 14.6 Å². The molecule has 6 rings (SSSR count). The van der Waals surface area contributed by atoms with Gasteiger partial charge in [-0.15, -0.1) is 0 Å². The summed E-state index contributed by atoms with van der Waals surface area (Å²) in [6, 6.07) is 24.0. The van der Waals surface area contributed by atoms with E-state index in [0.29, 0.717) is 64.2 Å². The molecule has 0 aromatic heterocycles. The zero-order chi connectivity index (χ0) is 31.3. The molecule has 0 radical (unpaired) electrons. The minimum absolute atomic E-state index is 0.0252. The van der Waals surface area contributed by atoms with Crippen molar-refractivity contribution in [1.29, 1.82) is 0 Å². The summed E-state index contributed by atoms with van der Waals surface area (Å²) in [5.74, 6) is 0.604. The highest BCUT2D eigenvalue weighted by Crippen LogP contribution is 2.34. The molecule has 2 saturated heterocycles. The van der Waals surface area contributed by atoms with Crippen molar-refractivity contribution in [3.63, 3.8) is 0 Å². The van der Waals surface area contributed by atoms with Gasteiger partial charge in [-0.1, -0.05) is 72.8 Å². The molecule has 3 aliphatic heterocycles. The molecule has 1 unspecified atom stereocenters. The summed E-state index contributed by atoms with van der Waals surface area (Å²) in [5.41, 5.74) is 1.20. The highest BCUT2D eigenvalue weighted by molar-refractivity contribution is 7.89. The summed E-state index contributed by atoms with van der Waals surface area (Å²) in [7, 11) is -3.49. The molecule has 1 N–H and O–H groups in total. The maximum atomic E-state index is 13.3. The van der Waals surface area contributed by atoms with E-state index in [-0.39, 0.29) is 36.6 Å². The van der Waals surface area contributed by atoms with Crippen LogP contribution in [0.15, 0.2) is 77.8 Å². The minimum Gasteiger partial charge on any atom is -0.377 e. The fraction of sp³-hybridized carbons (Fsp3) is 0.457. The number of amidine groups is 1. The third kappa shape index (κ3) is 7.29. The standard InChI is InChI=1S/C35H42N4O5S/c40-32(16-8-23-44-26-27-9-2-1-3-10-27)38-20-7-14-30(25-38)33-36-34(41)35(37-33)18-21-39(22-19-35)45(42,43)24-17-29-13-6-12-28-11-4-5-15-31(28)29/h1-6,9-13,15,30H,7-8,14,16-26H2,(H,36,37,41). The number of piperidine rings is 2. The molecule has 3 aromatic rings. The second-order valence-corrected chi connectivity index (χ2v) is 14.5. The van der Waals surface area contributed by atoms with E-state index in [1.807, 2.05) is 77.7 Å². The van der Waals surface area contributed by atoms with Crippen LogP contribution in [0.4, 0.5) is 0 Å². The number of benzene rings is 3. The first-order chi connectivity index (χ1) is 21.8. The Balaban J connectivity index is 0.992. The van der Waals surface area contributed by atoms with Crippen molar-refractivity contribution < 1.29 is 22.7 Å². The van der Waals surface area contributed by atoms with E-state index < -0.39 is 15.6 Å². The monoisotopic (exact) mass is 630 g/mol. The van der Waals surface area contributed by atoms with Gasteiger partial charge in [0.25, 0.3) is 5.91 Å². The average Bonchev–Trinajstić information content (AvgIpc) is 3.39. The molecular formula is C35H42N4O5S. The number of ether oxygens (including phenoxy) is 1. The molecule has 1 atom stereocenters. The van der Waals surface area contributed by atoms with Crippen LogP contribution in [0.25, 0.3) is 10.8 Å². The van der Waals surface area contributed by atoms with Crippen LogP contribution < -0.4 is 5.32 Å². The van der Waals surface area contributed by atoms with Gasteiger partial charge in [0.15, 0.2) is 0 Å². The van der Waals surface area contributed by atoms with E-state index in [2.05, 4.69) is 5.32 Å². The topological polar surface area (TPSA) is 108 Å². The molecule has 1 spiro atoms. The van der Waals surface area contributed by atoms with Crippen LogP contribution in [0.3, 0.4) is 0 Å². The molecule has 3 aromatic carbocycles. The maximum Gasteiger partial charge on any atom is 0.253 e. The van der Waals surface area contributed by atoms with Gasteiger partial charge in [-0.25, -0.2) is 12.7 Å². The number of hydrogen-bond acceptors (Lipinski definition) is 6. The summed E-state index contributed by atoms with van der Waals surface area (Å²) in [6.45, 7) is 2.84. The number of carbonyl (C=O) groups excluding carboxylic acids is 2. The van der Waals surface area contributed by atoms with Crippen LogP contribution >= 0.6 is 0 Å². The van der Waals surface area contributed by atoms with E-state index >= 15 is 0 Å². The second-order valence-electron chi connectivity index (χ2n) is 12.4. The molecule has 0 aliphatic carbocycles. The molecule has 3 aliphatic rings. The molecule has 0 saturated carbocycles. The third-order valence-electron chi connectivity index (χ3n) is 9.40. The first-order valence-electron chi connectivity index (χ1n) is 16.1. The van der Waals surface area contributed by atoms with E-state index in [1.165, 1.54) is 4.31 Å². The van der Waals surface area contributed by atoms with Gasteiger partial charge in [-0.2, -0.15) is 0 Å². The molecule has 2 amide bonds. The summed E-state index contributed by atoms with van der Waals surface area (Å²) in [4.78, 5) is 33.0. The summed E-state index contributed by atoms with van der Waals surface area (Å²) < 4.78 is 33.9. The van der Waals surface area contributed by atoms with Crippen LogP contribution in [0, 0.1) is 5.92 Å². The van der Waals surface area contributed by atoms with Crippen molar-refractivity contribution in [2.24, 2.45) is 10.9 Å². The first-order valence-corrected chi connectivity index (χ1v) is 17.7. The largest absolute Gasteiger partial charge is 0.377 e. The molecule has 2 fully saturated rings. The maximum absolute atomic E-state index is 13.3. The average molecular weight is 631 g/mol. The second kappa shape index (κ2) is 13.8. The van der Waals surface area contributed by atoms with Crippen LogP contribution in [0.5, 0.6) is 0 Å². The quantitative estimate of drug-likeness (QED) is 0.318. The normalized spacial score (nSPS) is 20.4. The lowest BCUT2D eigenvalue weighted by Gasteiger charge is -2.35. The summed E-state index contributed by atoms with van der Waals surface area (Å²) in [6.07, 6.45) is 3.94. The Bertz CT molecular complexity index is 1650. The number of aryl methyl sites for hydroxylation is 1. The first kappa shape index (κ1) is 31.4. The Labute approximate surface area is 265 Å². The van der Waals surface area contributed by atoms with Gasteiger partial charge in [0.2, 0.25) is 15.9 Å². The van der Waals surface area contributed by atoms with Crippen molar-refractivity contribution in [3.8, 4) is 0 Å². The fourth-order valence-corrected chi connectivity index (χ4v) is 8.24. The number of aliphatic imine (C=N–C) groups is 1. The van der Waals surface area contributed by atoms with Crippen LogP contribution in [-0.2, 0) is 37.4 Å². The number of hydrogen-bond donors (Lipinski definition) is 1. The zero-order valence-electron chi connectivity index (χ0n) is 25.7.